The topological polar surface area (TPSA) is 70.7 Å². The average Bonchev–Trinajstić information content (AvgIpc) is 2.73. The van der Waals surface area contributed by atoms with Gasteiger partial charge in [-0.25, -0.2) is 9.18 Å². The lowest BCUT2D eigenvalue weighted by Crippen LogP contribution is -2.49. The Kier molecular flexibility index (Phi) is 6.95. The molecule has 2 aromatic rings. The van der Waals surface area contributed by atoms with E-state index < -0.39 is 11.9 Å². The minimum atomic E-state index is -0.770. The number of para-hydroxylation sites is 2. The SMILES string of the molecule is COc1ccccc1NC(=O)C1=C(C)N(CCC(C)C)C(=O)N[C@H]1c1cccc(F)c1. The zero-order chi connectivity index (χ0) is 22.5. The molecule has 1 aliphatic rings. The van der Waals surface area contributed by atoms with Crippen LogP contribution in [-0.4, -0.2) is 30.5 Å². The summed E-state index contributed by atoms with van der Waals surface area (Å²) in [4.78, 5) is 27.8. The van der Waals surface area contributed by atoms with Crippen molar-refractivity contribution < 1.29 is 18.7 Å². The monoisotopic (exact) mass is 425 g/mol. The first-order valence-corrected chi connectivity index (χ1v) is 10.3. The third kappa shape index (κ3) is 5.05. The molecule has 3 rings (SSSR count). The Morgan fingerprint density at radius 2 is 1.97 bits per heavy atom. The molecule has 0 saturated carbocycles. The van der Waals surface area contributed by atoms with Gasteiger partial charge >= 0.3 is 6.03 Å². The number of carbonyl (C=O) groups is 2. The third-order valence-corrected chi connectivity index (χ3v) is 5.31. The Labute approximate surface area is 182 Å². The maximum absolute atomic E-state index is 13.9. The molecule has 0 fully saturated rings. The number of carbonyl (C=O) groups excluding carboxylic acids is 2. The molecule has 7 heteroatoms. The van der Waals surface area contributed by atoms with Gasteiger partial charge in [0.05, 0.1) is 24.4 Å². The molecule has 6 nitrogen and oxygen atoms in total. The minimum Gasteiger partial charge on any atom is -0.495 e. The summed E-state index contributed by atoms with van der Waals surface area (Å²) in [6.45, 7) is 6.39. The molecule has 0 saturated heterocycles. The van der Waals surface area contributed by atoms with Crippen molar-refractivity contribution in [1.29, 1.82) is 0 Å². The number of ether oxygens (including phenoxy) is 1. The van der Waals surface area contributed by atoms with E-state index in [2.05, 4.69) is 24.5 Å². The summed E-state index contributed by atoms with van der Waals surface area (Å²) < 4.78 is 19.3. The zero-order valence-electron chi connectivity index (χ0n) is 18.2. The van der Waals surface area contributed by atoms with Gasteiger partial charge in [-0.2, -0.15) is 0 Å². The van der Waals surface area contributed by atoms with Crippen molar-refractivity contribution in [3.63, 3.8) is 0 Å². The van der Waals surface area contributed by atoms with Crippen molar-refractivity contribution in [2.75, 3.05) is 19.0 Å². The number of nitrogens with one attached hydrogen (secondary N) is 2. The number of hydrogen-bond donors (Lipinski definition) is 2. The van der Waals surface area contributed by atoms with E-state index in [4.69, 9.17) is 4.74 Å². The van der Waals surface area contributed by atoms with Crippen LogP contribution in [0.4, 0.5) is 14.9 Å². The van der Waals surface area contributed by atoms with E-state index in [1.165, 1.54) is 19.2 Å². The number of hydrogen-bond acceptors (Lipinski definition) is 3. The highest BCUT2D eigenvalue weighted by Gasteiger charge is 2.35. The fourth-order valence-corrected chi connectivity index (χ4v) is 3.61. The van der Waals surface area contributed by atoms with E-state index in [0.29, 0.717) is 40.7 Å². The number of benzene rings is 2. The second kappa shape index (κ2) is 9.64. The van der Waals surface area contributed by atoms with Crippen molar-refractivity contribution in [3.8, 4) is 5.75 Å². The molecule has 0 unspecified atom stereocenters. The summed E-state index contributed by atoms with van der Waals surface area (Å²) in [5, 5.41) is 5.76. The molecule has 2 aromatic carbocycles. The lowest BCUT2D eigenvalue weighted by molar-refractivity contribution is -0.113. The van der Waals surface area contributed by atoms with E-state index in [1.54, 1.807) is 42.2 Å². The summed E-state index contributed by atoms with van der Waals surface area (Å²) >= 11 is 0. The highest BCUT2D eigenvalue weighted by atomic mass is 19.1. The van der Waals surface area contributed by atoms with Gasteiger partial charge in [0, 0.05) is 12.2 Å². The molecule has 0 aromatic heterocycles. The fourth-order valence-electron chi connectivity index (χ4n) is 3.61. The molecule has 0 aliphatic carbocycles. The first-order valence-electron chi connectivity index (χ1n) is 10.3. The maximum atomic E-state index is 13.9. The highest BCUT2D eigenvalue weighted by molar-refractivity contribution is 6.07. The number of rotatable bonds is 7. The molecule has 2 N–H and O–H groups in total. The summed E-state index contributed by atoms with van der Waals surface area (Å²) in [5.74, 6) is 0.0993. The van der Waals surface area contributed by atoms with Crippen LogP contribution in [0.3, 0.4) is 0 Å². The third-order valence-electron chi connectivity index (χ3n) is 5.31. The predicted molar refractivity (Wildman–Crippen MR) is 118 cm³/mol. The average molecular weight is 426 g/mol. The van der Waals surface area contributed by atoms with Gasteiger partial charge in [0.25, 0.3) is 5.91 Å². The quantitative estimate of drug-likeness (QED) is 0.666. The fraction of sp³-hybridized carbons (Fsp3) is 0.333. The summed E-state index contributed by atoms with van der Waals surface area (Å²) in [5.41, 5.74) is 1.92. The minimum absolute atomic E-state index is 0.304. The van der Waals surface area contributed by atoms with Gasteiger partial charge in [0.1, 0.15) is 11.6 Å². The number of allylic oxidation sites excluding steroid dienone is 1. The van der Waals surface area contributed by atoms with Crippen LogP contribution in [-0.2, 0) is 4.79 Å². The Hall–Kier alpha value is -3.35. The van der Waals surface area contributed by atoms with E-state index in [0.717, 1.165) is 6.42 Å². The van der Waals surface area contributed by atoms with E-state index in [-0.39, 0.29) is 11.9 Å². The van der Waals surface area contributed by atoms with Gasteiger partial charge in [-0.3, -0.25) is 9.69 Å². The number of nitrogens with zero attached hydrogens (tertiary/aromatic N) is 1. The Balaban J connectivity index is 2.03. The molecule has 31 heavy (non-hydrogen) atoms. The second-order valence-electron chi connectivity index (χ2n) is 7.93. The van der Waals surface area contributed by atoms with Crippen LogP contribution in [0.1, 0.15) is 38.8 Å². The van der Waals surface area contributed by atoms with Crippen LogP contribution in [0.5, 0.6) is 5.75 Å². The number of methoxy groups -OCH3 is 1. The van der Waals surface area contributed by atoms with E-state index in [9.17, 15) is 14.0 Å². The molecular weight excluding hydrogens is 397 g/mol. The lowest BCUT2D eigenvalue weighted by Gasteiger charge is -2.36. The van der Waals surface area contributed by atoms with Crippen LogP contribution >= 0.6 is 0 Å². The van der Waals surface area contributed by atoms with Crippen molar-refractivity contribution in [3.05, 3.63) is 71.2 Å². The van der Waals surface area contributed by atoms with Crippen LogP contribution < -0.4 is 15.4 Å². The van der Waals surface area contributed by atoms with Gasteiger partial charge in [0.2, 0.25) is 0 Å². The zero-order valence-corrected chi connectivity index (χ0v) is 18.2. The van der Waals surface area contributed by atoms with Crippen molar-refractivity contribution in [2.24, 2.45) is 5.92 Å². The van der Waals surface area contributed by atoms with Gasteiger partial charge in [-0.1, -0.05) is 38.1 Å². The van der Waals surface area contributed by atoms with Crippen LogP contribution in [0, 0.1) is 11.7 Å². The highest BCUT2D eigenvalue weighted by Crippen LogP contribution is 2.33. The molecule has 164 valence electrons. The molecule has 1 atom stereocenters. The van der Waals surface area contributed by atoms with Gasteiger partial charge in [-0.15, -0.1) is 0 Å². The number of amides is 3. The molecule has 0 spiro atoms. The van der Waals surface area contributed by atoms with Crippen molar-refractivity contribution in [1.82, 2.24) is 10.2 Å². The maximum Gasteiger partial charge on any atom is 0.322 e. The van der Waals surface area contributed by atoms with Gasteiger partial charge < -0.3 is 15.4 Å². The Morgan fingerprint density at radius 3 is 2.65 bits per heavy atom. The smallest absolute Gasteiger partial charge is 0.322 e. The van der Waals surface area contributed by atoms with Gasteiger partial charge in [0.15, 0.2) is 0 Å². The van der Waals surface area contributed by atoms with Crippen LogP contribution in [0.15, 0.2) is 59.8 Å². The predicted octanol–water partition coefficient (Wildman–Crippen LogP) is 4.86. The summed E-state index contributed by atoms with van der Waals surface area (Å²) in [6, 6.07) is 11.9. The molecule has 3 amide bonds. The molecule has 1 heterocycles. The molecular formula is C24H28FN3O3. The normalized spacial score (nSPS) is 16.4. The number of halogens is 1. The number of anilines is 1. The van der Waals surface area contributed by atoms with Crippen LogP contribution in [0.25, 0.3) is 0 Å². The lowest BCUT2D eigenvalue weighted by atomic mass is 9.93. The molecule has 0 bridgehead atoms. The second-order valence-corrected chi connectivity index (χ2v) is 7.93. The standard InChI is InChI=1S/C24H28FN3O3/c1-15(2)12-13-28-16(3)21(23(29)26-19-10-5-6-11-20(19)31-4)22(27-24(28)30)17-8-7-9-18(25)14-17/h5-11,14-15,22H,12-13H2,1-4H3,(H,26,29)(H,27,30)/t22-/m0/s1. The largest absolute Gasteiger partial charge is 0.495 e. The first-order chi connectivity index (χ1) is 14.8. The molecule has 1 aliphatic heterocycles. The van der Waals surface area contributed by atoms with E-state index >= 15 is 0 Å². The first kappa shape index (κ1) is 22.3. The number of urea groups is 1. The summed E-state index contributed by atoms with van der Waals surface area (Å²) in [7, 11) is 1.53. The Bertz CT molecular complexity index is 1000. The van der Waals surface area contributed by atoms with Gasteiger partial charge in [-0.05, 0) is 49.1 Å². The van der Waals surface area contributed by atoms with E-state index in [1.807, 2.05) is 6.07 Å². The van der Waals surface area contributed by atoms with Crippen LogP contribution in [0.2, 0.25) is 0 Å². The Morgan fingerprint density at radius 1 is 1.23 bits per heavy atom. The molecule has 0 radical (unpaired) electrons. The summed E-state index contributed by atoms with van der Waals surface area (Å²) in [6.07, 6.45) is 0.788. The van der Waals surface area contributed by atoms with Crippen molar-refractivity contribution >= 4 is 17.6 Å². The van der Waals surface area contributed by atoms with Crippen molar-refractivity contribution in [2.45, 2.75) is 33.2 Å².